The first kappa shape index (κ1) is 15.2. The maximum absolute atomic E-state index is 11.1. The Hall–Kier alpha value is -1.86. The highest BCUT2D eigenvalue weighted by Crippen LogP contribution is 2.31. The van der Waals surface area contributed by atoms with Gasteiger partial charge in [0.25, 0.3) is 5.69 Å². The number of aliphatic hydroxyl groups excluding tert-OH is 1. The van der Waals surface area contributed by atoms with Gasteiger partial charge < -0.3 is 10.0 Å². The lowest BCUT2D eigenvalue weighted by molar-refractivity contribution is -0.384. The number of rotatable bonds is 7. The molecule has 0 amide bonds. The van der Waals surface area contributed by atoms with Gasteiger partial charge in [-0.1, -0.05) is 0 Å². The van der Waals surface area contributed by atoms with Gasteiger partial charge in [0.15, 0.2) is 0 Å². The number of benzene rings is 1. The maximum atomic E-state index is 11.1. The van der Waals surface area contributed by atoms with E-state index in [0.29, 0.717) is 18.8 Å². The van der Waals surface area contributed by atoms with Gasteiger partial charge in [0.2, 0.25) is 0 Å². The van der Waals surface area contributed by atoms with E-state index in [1.807, 2.05) is 11.8 Å². The average molecular weight is 269 g/mol. The maximum Gasteiger partial charge on any atom is 0.296 e. The smallest absolute Gasteiger partial charge is 0.296 e. The minimum atomic E-state index is -0.523. The Balaban J connectivity index is 3.18. The topological polar surface area (TPSA) is 90.1 Å². The van der Waals surface area contributed by atoms with Crippen LogP contribution >= 0.6 is 0 Å². The molecule has 0 saturated carbocycles. The molecule has 1 aromatic carbocycles. The predicted molar refractivity (Wildman–Crippen MR) is 72.9 cm³/mol. The second-order valence-corrected chi connectivity index (χ2v) is 3.95. The standard InChI is InChI=1S/C12H19N3O4/c1-3-13(7-8-16)10-5-6-11(14(17)4-2)12(9-10)15(18)19/h5-6,9,16-17H,3-4,7-8H2,1-2H3. The molecule has 0 aliphatic heterocycles. The Labute approximate surface area is 111 Å². The molecular weight excluding hydrogens is 250 g/mol. The fourth-order valence-corrected chi connectivity index (χ4v) is 1.83. The molecule has 0 fully saturated rings. The van der Waals surface area contributed by atoms with Crippen molar-refractivity contribution in [1.82, 2.24) is 0 Å². The van der Waals surface area contributed by atoms with Gasteiger partial charge in [-0.25, -0.2) is 0 Å². The normalized spacial score (nSPS) is 10.3. The van der Waals surface area contributed by atoms with Gasteiger partial charge in [0.1, 0.15) is 5.69 Å². The zero-order valence-corrected chi connectivity index (χ0v) is 11.1. The summed E-state index contributed by atoms with van der Waals surface area (Å²) in [7, 11) is 0. The highest BCUT2D eigenvalue weighted by Gasteiger charge is 2.19. The molecule has 19 heavy (non-hydrogen) atoms. The zero-order chi connectivity index (χ0) is 14.4. The number of nitro groups is 1. The van der Waals surface area contributed by atoms with Crippen LogP contribution in [0.3, 0.4) is 0 Å². The summed E-state index contributed by atoms with van der Waals surface area (Å²) < 4.78 is 0. The zero-order valence-electron chi connectivity index (χ0n) is 11.1. The predicted octanol–water partition coefficient (Wildman–Crippen LogP) is 1.63. The molecule has 1 aromatic rings. The van der Waals surface area contributed by atoms with Crippen LogP contribution in [0.5, 0.6) is 0 Å². The van der Waals surface area contributed by atoms with Crippen LogP contribution in [-0.4, -0.2) is 41.5 Å². The van der Waals surface area contributed by atoms with Crippen LogP contribution in [0.2, 0.25) is 0 Å². The molecule has 0 bridgehead atoms. The third-order valence-electron chi connectivity index (χ3n) is 2.85. The van der Waals surface area contributed by atoms with Crippen molar-refractivity contribution in [3.63, 3.8) is 0 Å². The molecule has 2 N–H and O–H groups in total. The second-order valence-electron chi connectivity index (χ2n) is 3.95. The van der Waals surface area contributed by atoms with Crippen LogP contribution in [0, 0.1) is 10.1 Å². The van der Waals surface area contributed by atoms with Crippen molar-refractivity contribution in [2.45, 2.75) is 13.8 Å². The van der Waals surface area contributed by atoms with Crippen LogP contribution in [0.4, 0.5) is 17.1 Å². The molecule has 0 aliphatic carbocycles. The van der Waals surface area contributed by atoms with Crippen LogP contribution in [-0.2, 0) is 0 Å². The quantitative estimate of drug-likeness (QED) is 0.577. The third kappa shape index (κ3) is 3.55. The molecule has 0 atom stereocenters. The Kier molecular flexibility index (Phi) is 5.53. The van der Waals surface area contributed by atoms with Gasteiger partial charge in [0.05, 0.1) is 11.5 Å². The van der Waals surface area contributed by atoms with Gasteiger partial charge in [0, 0.05) is 31.4 Å². The first-order valence-electron chi connectivity index (χ1n) is 6.15. The van der Waals surface area contributed by atoms with Gasteiger partial charge in [-0.3, -0.25) is 20.4 Å². The average Bonchev–Trinajstić information content (AvgIpc) is 2.43. The summed E-state index contributed by atoms with van der Waals surface area (Å²) in [5, 5.41) is 30.5. The van der Waals surface area contributed by atoms with Crippen LogP contribution in [0.1, 0.15) is 13.8 Å². The Morgan fingerprint density at radius 3 is 2.47 bits per heavy atom. The van der Waals surface area contributed by atoms with Crippen molar-refractivity contribution in [2.75, 3.05) is 36.2 Å². The number of hydrogen-bond acceptors (Lipinski definition) is 6. The summed E-state index contributed by atoms with van der Waals surface area (Å²) in [4.78, 5) is 12.4. The van der Waals surface area contributed by atoms with Crippen molar-refractivity contribution in [3.8, 4) is 0 Å². The third-order valence-corrected chi connectivity index (χ3v) is 2.85. The number of hydrogen-bond donors (Lipinski definition) is 2. The van der Waals surface area contributed by atoms with Gasteiger partial charge in [-0.2, -0.15) is 0 Å². The van der Waals surface area contributed by atoms with Crippen molar-refractivity contribution in [3.05, 3.63) is 28.3 Å². The summed E-state index contributed by atoms with van der Waals surface area (Å²) in [5.74, 6) is 0. The molecule has 7 nitrogen and oxygen atoms in total. The molecule has 0 saturated heterocycles. The summed E-state index contributed by atoms with van der Waals surface area (Å²) in [6.45, 7) is 4.87. The number of aliphatic hydroxyl groups is 1. The lowest BCUT2D eigenvalue weighted by Crippen LogP contribution is -2.26. The van der Waals surface area contributed by atoms with E-state index in [1.54, 1.807) is 13.0 Å². The van der Waals surface area contributed by atoms with E-state index in [-0.39, 0.29) is 24.5 Å². The van der Waals surface area contributed by atoms with Gasteiger partial charge >= 0.3 is 0 Å². The van der Waals surface area contributed by atoms with Crippen LogP contribution in [0.25, 0.3) is 0 Å². The SMILES string of the molecule is CCN(O)c1ccc(N(CC)CCO)cc1[N+](=O)[O-]. The summed E-state index contributed by atoms with van der Waals surface area (Å²) in [5.41, 5.74) is 0.658. The molecule has 0 spiro atoms. The van der Waals surface area contributed by atoms with Crippen molar-refractivity contribution < 1.29 is 15.2 Å². The van der Waals surface area contributed by atoms with Crippen molar-refractivity contribution in [1.29, 1.82) is 0 Å². The Morgan fingerprint density at radius 2 is 2.00 bits per heavy atom. The molecule has 7 heteroatoms. The van der Waals surface area contributed by atoms with Crippen LogP contribution < -0.4 is 9.96 Å². The number of likely N-dealkylation sites (N-methyl/N-ethyl adjacent to an activating group) is 1. The Morgan fingerprint density at radius 1 is 1.32 bits per heavy atom. The molecular formula is C12H19N3O4. The Bertz CT molecular complexity index is 439. The number of anilines is 2. The van der Waals surface area contributed by atoms with E-state index in [1.165, 1.54) is 12.1 Å². The first-order chi connectivity index (χ1) is 9.04. The molecule has 0 radical (unpaired) electrons. The first-order valence-corrected chi connectivity index (χ1v) is 6.15. The molecule has 0 unspecified atom stereocenters. The van der Waals surface area contributed by atoms with Gasteiger partial charge in [-0.15, -0.1) is 0 Å². The monoisotopic (exact) mass is 269 g/mol. The van der Waals surface area contributed by atoms with Crippen molar-refractivity contribution >= 4 is 17.1 Å². The fraction of sp³-hybridized carbons (Fsp3) is 0.500. The minimum absolute atomic E-state index is 0.0233. The van der Waals surface area contributed by atoms with E-state index < -0.39 is 4.92 Å². The van der Waals surface area contributed by atoms with Crippen molar-refractivity contribution in [2.24, 2.45) is 0 Å². The van der Waals surface area contributed by atoms with E-state index in [2.05, 4.69) is 0 Å². The summed E-state index contributed by atoms with van der Waals surface area (Å²) in [6.07, 6.45) is 0. The summed E-state index contributed by atoms with van der Waals surface area (Å²) in [6, 6.07) is 4.62. The number of hydroxylamine groups is 1. The number of nitrogens with zero attached hydrogens (tertiary/aromatic N) is 3. The van der Waals surface area contributed by atoms with Crippen LogP contribution in [0.15, 0.2) is 18.2 Å². The lowest BCUT2D eigenvalue weighted by atomic mass is 10.2. The largest absolute Gasteiger partial charge is 0.395 e. The fourth-order valence-electron chi connectivity index (χ4n) is 1.83. The molecule has 0 aliphatic rings. The van der Waals surface area contributed by atoms with E-state index >= 15 is 0 Å². The second kappa shape index (κ2) is 6.91. The minimum Gasteiger partial charge on any atom is -0.395 e. The van der Waals surface area contributed by atoms with E-state index in [9.17, 15) is 15.3 Å². The highest BCUT2D eigenvalue weighted by molar-refractivity contribution is 5.68. The van der Waals surface area contributed by atoms with E-state index in [0.717, 1.165) is 5.06 Å². The molecule has 1 rings (SSSR count). The summed E-state index contributed by atoms with van der Waals surface area (Å²) >= 11 is 0. The molecule has 0 aromatic heterocycles. The lowest BCUT2D eigenvalue weighted by Gasteiger charge is -2.23. The van der Waals surface area contributed by atoms with Gasteiger partial charge in [-0.05, 0) is 26.0 Å². The number of nitro benzene ring substituents is 1. The molecule has 0 heterocycles. The highest BCUT2D eigenvalue weighted by atomic mass is 16.6. The molecule has 106 valence electrons. The van der Waals surface area contributed by atoms with E-state index in [4.69, 9.17) is 5.11 Å².